The van der Waals surface area contributed by atoms with Crippen LogP contribution in [0.5, 0.6) is 0 Å². The normalized spacial score (nSPS) is 21.1. The van der Waals surface area contributed by atoms with Crippen molar-refractivity contribution in [3.05, 3.63) is 48.4 Å². The van der Waals surface area contributed by atoms with Crippen molar-refractivity contribution in [2.75, 3.05) is 39.4 Å². The average molecular weight is 404 g/mol. The monoisotopic (exact) mass is 404 g/mol. The Hall–Kier alpha value is -2.23. The van der Waals surface area contributed by atoms with Gasteiger partial charge in [0, 0.05) is 38.3 Å². The molecule has 0 radical (unpaired) electrons. The number of carbonyl (C=O) groups is 1. The molecule has 1 aromatic carbocycles. The number of rotatable bonds is 5. The maximum atomic E-state index is 12.7. The number of morpholine rings is 1. The number of hydrogen-bond donors (Lipinski definition) is 0. The summed E-state index contributed by atoms with van der Waals surface area (Å²) in [6, 6.07) is 10.2. The summed E-state index contributed by atoms with van der Waals surface area (Å²) in [5.41, 5.74) is 1.25. The van der Waals surface area contributed by atoms with Gasteiger partial charge < -0.3 is 14.2 Å². The van der Waals surface area contributed by atoms with E-state index in [1.807, 2.05) is 23.1 Å². The quantitative estimate of drug-likeness (QED) is 0.740. The molecule has 3 heterocycles. The Morgan fingerprint density at radius 2 is 1.89 bits per heavy atom. The van der Waals surface area contributed by atoms with Crippen LogP contribution in [-0.4, -0.2) is 72.5 Å². The molecular weight excluding hydrogens is 380 g/mol. The highest BCUT2D eigenvalue weighted by atomic mass is 32.2. The van der Waals surface area contributed by atoms with E-state index in [1.54, 1.807) is 4.57 Å². The van der Waals surface area contributed by atoms with Gasteiger partial charge in [-0.25, -0.2) is 13.4 Å². The highest BCUT2D eigenvalue weighted by Crippen LogP contribution is 2.27. The van der Waals surface area contributed by atoms with Gasteiger partial charge in [0.25, 0.3) is 10.0 Å². The van der Waals surface area contributed by atoms with Gasteiger partial charge in [-0.05, 0) is 12.0 Å². The lowest BCUT2D eigenvalue weighted by molar-refractivity contribution is -0.130. The van der Waals surface area contributed by atoms with E-state index in [4.69, 9.17) is 4.74 Å². The number of amides is 1. The Balaban J connectivity index is 1.38. The minimum absolute atomic E-state index is 0.0221. The summed E-state index contributed by atoms with van der Waals surface area (Å²) >= 11 is 0. The number of benzene rings is 1. The Morgan fingerprint density at radius 1 is 1.14 bits per heavy atom. The van der Waals surface area contributed by atoms with Crippen LogP contribution in [0.15, 0.2) is 47.9 Å². The van der Waals surface area contributed by atoms with Crippen LogP contribution in [-0.2, 0) is 26.1 Å². The van der Waals surface area contributed by atoms with E-state index in [1.165, 1.54) is 22.4 Å². The molecule has 0 saturated carbocycles. The second kappa shape index (κ2) is 8.02. The van der Waals surface area contributed by atoms with Crippen LogP contribution in [0.25, 0.3) is 0 Å². The number of likely N-dealkylation sites (tertiary alicyclic amines) is 1. The van der Waals surface area contributed by atoms with E-state index in [0.717, 1.165) is 6.42 Å². The number of hydrogen-bond acceptors (Lipinski definition) is 5. The summed E-state index contributed by atoms with van der Waals surface area (Å²) in [5, 5.41) is -0.0224. The predicted molar refractivity (Wildman–Crippen MR) is 102 cm³/mol. The Morgan fingerprint density at radius 3 is 2.64 bits per heavy atom. The van der Waals surface area contributed by atoms with E-state index < -0.39 is 10.0 Å². The van der Waals surface area contributed by atoms with Crippen LogP contribution in [0.1, 0.15) is 17.9 Å². The van der Waals surface area contributed by atoms with Gasteiger partial charge in [0.05, 0.1) is 19.5 Å². The lowest BCUT2D eigenvalue weighted by Gasteiger charge is -2.24. The molecule has 0 spiro atoms. The largest absolute Gasteiger partial charge is 0.379 e. The topological polar surface area (TPSA) is 84.7 Å². The first-order valence-electron chi connectivity index (χ1n) is 9.46. The number of aromatic nitrogens is 2. The molecule has 1 amide bonds. The van der Waals surface area contributed by atoms with Crippen molar-refractivity contribution >= 4 is 15.9 Å². The van der Waals surface area contributed by atoms with Gasteiger partial charge in [0.15, 0.2) is 5.03 Å². The molecule has 0 unspecified atom stereocenters. The fourth-order valence-electron chi connectivity index (χ4n) is 3.72. The maximum absolute atomic E-state index is 12.7. The molecule has 2 aromatic rings. The molecule has 28 heavy (non-hydrogen) atoms. The third-order valence-corrected chi connectivity index (χ3v) is 7.10. The van der Waals surface area contributed by atoms with Crippen molar-refractivity contribution in [3.63, 3.8) is 0 Å². The van der Waals surface area contributed by atoms with Crippen LogP contribution in [0.2, 0.25) is 0 Å². The molecule has 150 valence electrons. The fourth-order valence-corrected chi connectivity index (χ4v) is 5.06. The number of carbonyl (C=O) groups excluding carboxylic acids is 1. The Kier molecular flexibility index (Phi) is 5.47. The van der Waals surface area contributed by atoms with Gasteiger partial charge in [-0.15, -0.1) is 0 Å². The molecule has 0 aliphatic carbocycles. The minimum atomic E-state index is -3.64. The van der Waals surface area contributed by atoms with Crippen molar-refractivity contribution in [1.82, 2.24) is 18.8 Å². The third-order valence-electron chi connectivity index (χ3n) is 5.31. The zero-order chi connectivity index (χ0) is 19.6. The molecular formula is C19H24N4O4S. The summed E-state index contributed by atoms with van der Waals surface area (Å²) in [5.74, 6) is 0.330. The third kappa shape index (κ3) is 3.96. The van der Waals surface area contributed by atoms with Crippen molar-refractivity contribution in [2.45, 2.75) is 23.9 Å². The summed E-state index contributed by atoms with van der Waals surface area (Å²) in [6.45, 7) is 2.91. The lowest BCUT2D eigenvalue weighted by atomic mass is 9.99. The summed E-state index contributed by atoms with van der Waals surface area (Å²) in [7, 11) is -3.64. The van der Waals surface area contributed by atoms with E-state index >= 15 is 0 Å². The summed E-state index contributed by atoms with van der Waals surface area (Å²) in [6.07, 6.45) is 3.79. The van der Waals surface area contributed by atoms with Gasteiger partial charge in [-0.3, -0.25) is 4.79 Å². The van der Waals surface area contributed by atoms with Gasteiger partial charge in [-0.2, -0.15) is 4.31 Å². The van der Waals surface area contributed by atoms with Crippen LogP contribution in [0, 0.1) is 0 Å². The van der Waals surface area contributed by atoms with Crippen LogP contribution in [0.3, 0.4) is 0 Å². The molecule has 0 N–H and O–H groups in total. The first kappa shape index (κ1) is 19.1. The average Bonchev–Trinajstić information content (AvgIpc) is 3.39. The van der Waals surface area contributed by atoms with Gasteiger partial charge in [-0.1, -0.05) is 30.3 Å². The number of imidazole rings is 1. The first-order valence-corrected chi connectivity index (χ1v) is 10.9. The maximum Gasteiger partial charge on any atom is 0.262 e. The molecule has 2 fully saturated rings. The smallest absolute Gasteiger partial charge is 0.262 e. The molecule has 2 saturated heterocycles. The van der Waals surface area contributed by atoms with Crippen LogP contribution in [0.4, 0.5) is 0 Å². The molecule has 9 heteroatoms. The molecule has 2 aliphatic heterocycles. The molecule has 2 aliphatic rings. The first-order chi connectivity index (χ1) is 13.5. The van der Waals surface area contributed by atoms with E-state index in [9.17, 15) is 13.2 Å². The molecule has 0 bridgehead atoms. The Bertz CT molecular complexity index is 922. The number of ether oxygens (including phenoxy) is 1. The highest BCUT2D eigenvalue weighted by molar-refractivity contribution is 7.89. The van der Waals surface area contributed by atoms with E-state index in [-0.39, 0.29) is 17.5 Å². The second-order valence-electron chi connectivity index (χ2n) is 7.14. The molecule has 1 aromatic heterocycles. The number of nitrogens with zero attached hydrogens (tertiary/aromatic N) is 4. The number of sulfonamides is 1. The zero-order valence-corrected chi connectivity index (χ0v) is 16.4. The predicted octanol–water partition coefficient (Wildman–Crippen LogP) is 0.920. The minimum Gasteiger partial charge on any atom is -0.379 e. The fraction of sp³-hybridized carbons (Fsp3) is 0.474. The second-order valence-corrected chi connectivity index (χ2v) is 9.02. The van der Waals surface area contributed by atoms with Crippen LogP contribution >= 0.6 is 0 Å². The lowest BCUT2D eigenvalue weighted by Crippen LogP contribution is -2.40. The van der Waals surface area contributed by atoms with Gasteiger partial charge >= 0.3 is 0 Å². The van der Waals surface area contributed by atoms with Crippen molar-refractivity contribution < 1.29 is 17.9 Å². The SMILES string of the molecule is O=C(Cn1cnc(S(=O)(=O)N2CCOCC2)c1)N1CC[C@H](c2ccccc2)C1. The van der Waals surface area contributed by atoms with Crippen molar-refractivity contribution in [1.29, 1.82) is 0 Å². The van der Waals surface area contributed by atoms with E-state index in [2.05, 4.69) is 17.1 Å². The summed E-state index contributed by atoms with van der Waals surface area (Å²) < 4.78 is 33.4. The molecule has 4 rings (SSSR count). The van der Waals surface area contributed by atoms with Gasteiger partial charge in [0.2, 0.25) is 5.91 Å². The van der Waals surface area contributed by atoms with Crippen LogP contribution < -0.4 is 0 Å². The van der Waals surface area contributed by atoms with Crippen molar-refractivity contribution in [3.8, 4) is 0 Å². The molecule has 1 atom stereocenters. The standard InChI is InChI=1S/C19H24N4O4S/c24-19(22-7-6-17(12-22)16-4-2-1-3-5-16)14-21-13-18(20-15-21)28(25,26)23-8-10-27-11-9-23/h1-5,13,15,17H,6-12,14H2/t17-/m0/s1. The highest BCUT2D eigenvalue weighted by Gasteiger charge is 2.30. The zero-order valence-electron chi connectivity index (χ0n) is 15.6. The van der Waals surface area contributed by atoms with Gasteiger partial charge in [0.1, 0.15) is 6.54 Å². The van der Waals surface area contributed by atoms with E-state index in [0.29, 0.717) is 45.3 Å². The van der Waals surface area contributed by atoms with Crippen molar-refractivity contribution in [2.24, 2.45) is 0 Å². The Labute approximate surface area is 164 Å². The summed E-state index contributed by atoms with van der Waals surface area (Å²) in [4.78, 5) is 18.5. The molecule has 8 nitrogen and oxygen atoms in total.